The fourth-order valence-corrected chi connectivity index (χ4v) is 4.11. The van der Waals surface area contributed by atoms with Crippen LogP contribution in [0.15, 0.2) is 18.2 Å². The van der Waals surface area contributed by atoms with Crippen molar-refractivity contribution in [1.29, 1.82) is 0 Å². The number of Topliss-reactive ketones (excluding diaryl/α,β-unsaturated/α-hetero) is 1. The highest BCUT2D eigenvalue weighted by atomic mass is 19.4. The Morgan fingerprint density at radius 2 is 1.66 bits per heavy atom. The smallest absolute Gasteiger partial charge is 0.444 e. The van der Waals surface area contributed by atoms with Gasteiger partial charge in [0.25, 0.3) is 0 Å². The summed E-state index contributed by atoms with van der Waals surface area (Å²) in [5, 5.41) is 0. The molecule has 2 unspecified atom stereocenters. The first-order chi connectivity index (χ1) is 13.3. The molecule has 5 nitrogen and oxygen atoms in total. The van der Waals surface area contributed by atoms with Gasteiger partial charge in [0.1, 0.15) is 17.2 Å². The third-order valence-corrected chi connectivity index (χ3v) is 5.15. The second-order valence-corrected chi connectivity index (χ2v) is 8.49. The van der Waals surface area contributed by atoms with E-state index < -0.39 is 46.9 Å². The number of carbonyl (C=O) groups excluding carboxylic acids is 2. The van der Waals surface area contributed by atoms with Crippen LogP contribution in [0.2, 0.25) is 0 Å². The topological polar surface area (TPSA) is 55.8 Å². The monoisotopic (exact) mass is 417 g/mol. The molecular weight excluding hydrogens is 394 g/mol. The van der Waals surface area contributed by atoms with Gasteiger partial charge in [0.05, 0.1) is 5.56 Å². The normalized spacial score (nSPS) is 24.4. The van der Waals surface area contributed by atoms with Crippen molar-refractivity contribution >= 4 is 11.9 Å². The summed E-state index contributed by atoms with van der Waals surface area (Å²) in [5.41, 5.74) is -1.08. The summed E-state index contributed by atoms with van der Waals surface area (Å²) in [4.78, 5) is 27.0. The van der Waals surface area contributed by atoms with Crippen molar-refractivity contribution < 1.29 is 36.6 Å². The van der Waals surface area contributed by atoms with Crippen molar-refractivity contribution in [3.8, 4) is 5.75 Å². The number of fused-ring (bicyclic) bond motifs is 2. The van der Waals surface area contributed by atoms with Gasteiger partial charge in [-0.3, -0.25) is 4.79 Å². The van der Waals surface area contributed by atoms with E-state index in [9.17, 15) is 27.2 Å². The molecule has 1 amide bonds. The van der Waals surface area contributed by atoms with Gasteiger partial charge in [-0.05, 0) is 64.7 Å². The van der Waals surface area contributed by atoms with E-state index in [2.05, 4.69) is 4.74 Å². The Labute approximate surface area is 166 Å². The summed E-state index contributed by atoms with van der Waals surface area (Å²) in [5.74, 6) is -2.69. The zero-order valence-electron chi connectivity index (χ0n) is 16.4. The summed E-state index contributed by atoms with van der Waals surface area (Å²) in [7, 11) is 0. The number of benzene rings is 1. The predicted molar refractivity (Wildman–Crippen MR) is 95.0 cm³/mol. The molecular formula is C20H23F4NO4. The minimum atomic E-state index is -4.93. The molecule has 2 bridgehead atoms. The van der Waals surface area contributed by atoms with E-state index in [-0.39, 0.29) is 12.1 Å². The standard InChI is InChI=1S/C20H23F4NO4/c1-19(2,3)29-18(27)25-12-4-5-13(25)9-11(8-12)17(26)15-10-14(6-7-16(15)21)28-20(22,23)24/h6-7,10-13H,4-5,8-9H2,1-3H3. The van der Waals surface area contributed by atoms with E-state index in [0.29, 0.717) is 25.7 Å². The Hall–Kier alpha value is -2.32. The lowest BCUT2D eigenvalue weighted by Crippen LogP contribution is -2.49. The van der Waals surface area contributed by atoms with Crippen LogP contribution in [-0.4, -0.2) is 40.8 Å². The molecule has 1 aromatic rings. The van der Waals surface area contributed by atoms with E-state index in [4.69, 9.17) is 4.74 Å². The highest BCUT2D eigenvalue weighted by Gasteiger charge is 2.47. The predicted octanol–water partition coefficient (Wildman–Crippen LogP) is 5.09. The molecule has 0 aliphatic carbocycles. The molecule has 29 heavy (non-hydrogen) atoms. The van der Waals surface area contributed by atoms with Crippen molar-refractivity contribution in [3.05, 3.63) is 29.6 Å². The Bertz CT molecular complexity index is 789. The number of halogens is 4. The summed E-state index contributed by atoms with van der Waals surface area (Å²) in [6, 6.07) is 1.98. The third kappa shape index (κ3) is 5.00. The van der Waals surface area contributed by atoms with Gasteiger partial charge in [0.15, 0.2) is 5.78 Å². The van der Waals surface area contributed by atoms with Gasteiger partial charge in [-0.15, -0.1) is 13.2 Å². The molecule has 2 aliphatic rings. The molecule has 160 valence electrons. The van der Waals surface area contributed by atoms with Crippen molar-refractivity contribution in [2.24, 2.45) is 5.92 Å². The Morgan fingerprint density at radius 3 is 2.17 bits per heavy atom. The molecule has 2 fully saturated rings. The molecule has 0 spiro atoms. The van der Waals surface area contributed by atoms with Crippen LogP contribution >= 0.6 is 0 Å². The number of alkyl halides is 3. The Kier molecular flexibility index (Phi) is 5.53. The van der Waals surface area contributed by atoms with Crippen LogP contribution in [0.25, 0.3) is 0 Å². The summed E-state index contributed by atoms with van der Waals surface area (Å²) >= 11 is 0. The minimum absolute atomic E-state index is 0.213. The molecule has 9 heteroatoms. The van der Waals surface area contributed by atoms with Crippen LogP contribution in [0.5, 0.6) is 5.75 Å². The van der Waals surface area contributed by atoms with Crippen molar-refractivity contribution in [3.63, 3.8) is 0 Å². The minimum Gasteiger partial charge on any atom is -0.444 e. The maximum atomic E-state index is 14.2. The number of hydrogen-bond acceptors (Lipinski definition) is 4. The number of carbonyl (C=O) groups is 2. The maximum absolute atomic E-state index is 14.2. The highest BCUT2D eigenvalue weighted by Crippen LogP contribution is 2.41. The molecule has 0 saturated carbocycles. The summed E-state index contributed by atoms with van der Waals surface area (Å²) in [6.45, 7) is 5.30. The van der Waals surface area contributed by atoms with E-state index in [1.165, 1.54) is 0 Å². The lowest BCUT2D eigenvalue weighted by molar-refractivity contribution is -0.274. The van der Waals surface area contributed by atoms with E-state index in [1.807, 2.05) is 0 Å². The molecule has 0 radical (unpaired) electrons. The number of piperidine rings is 1. The first-order valence-electron chi connectivity index (χ1n) is 9.45. The van der Waals surface area contributed by atoms with Crippen LogP contribution in [0.1, 0.15) is 56.8 Å². The van der Waals surface area contributed by atoms with Crippen molar-refractivity contribution in [2.75, 3.05) is 0 Å². The summed E-state index contributed by atoms with van der Waals surface area (Å²) < 4.78 is 60.7. The van der Waals surface area contributed by atoms with Crippen LogP contribution in [-0.2, 0) is 4.74 Å². The van der Waals surface area contributed by atoms with Crippen LogP contribution < -0.4 is 4.74 Å². The molecule has 3 rings (SSSR count). The molecule has 0 N–H and O–H groups in total. The number of hydrogen-bond donors (Lipinski definition) is 0. The van der Waals surface area contributed by atoms with E-state index in [0.717, 1.165) is 18.2 Å². The lowest BCUT2D eigenvalue weighted by Gasteiger charge is -2.39. The van der Waals surface area contributed by atoms with Gasteiger partial charge in [0.2, 0.25) is 0 Å². The molecule has 0 aromatic heterocycles. The first kappa shape index (κ1) is 21.4. The van der Waals surface area contributed by atoms with Gasteiger partial charge >= 0.3 is 12.5 Å². The van der Waals surface area contributed by atoms with Gasteiger partial charge < -0.3 is 14.4 Å². The third-order valence-electron chi connectivity index (χ3n) is 5.15. The van der Waals surface area contributed by atoms with Crippen molar-refractivity contribution in [1.82, 2.24) is 4.90 Å². The lowest BCUT2D eigenvalue weighted by atomic mass is 9.84. The second kappa shape index (κ2) is 7.50. The quantitative estimate of drug-likeness (QED) is 0.508. The van der Waals surface area contributed by atoms with Crippen LogP contribution in [0, 0.1) is 11.7 Å². The maximum Gasteiger partial charge on any atom is 0.573 e. The van der Waals surface area contributed by atoms with E-state index in [1.54, 1.807) is 25.7 Å². The van der Waals surface area contributed by atoms with E-state index >= 15 is 0 Å². The van der Waals surface area contributed by atoms with Gasteiger partial charge in [-0.2, -0.15) is 0 Å². The van der Waals surface area contributed by atoms with Gasteiger partial charge in [-0.25, -0.2) is 9.18 Å². The van der Waals surface area contributed by atoms with Gasteiger partial charge in [-0.1, -0.05) is 0 Å². The number of rotatable bonds is 3. The van der Waals surface area contributed by atoms with Crippen LogP contribution in [0.4, 0.5) is 22.4 Å². The number of ether oxygens (including phenoxy) is 2. The number of amides is 1. The fraction of sp³-hybridized carbons (Fsp3) is 0.600. The average Bonchev–Trinajstić information content (AvgIpc) is 2.83. The summed E-state index contributed by atoms with van der Waals surface area (Å²) in [6.07, 6.45) is -3.34. The molecule has 2 saturated heterocycles. The number of ketones is 1. The SMILES string of the molecule is CC(C)(C)OC(=O)N1C2CCC1CC(C(=O)c1cc(OC(F)(F)F)ccc1F)C2. The highest BCUT2D eigenvalue weighted by molar-refractivity contribution is 5.98. The second-order valence-electron chi connectivity index (χ2n) is 8.49. The average molecular weight is 417 g/mol. The fourth-order valence-electron chi connectivity index (χ4n) is 4.11. The van der Waals surface area contributed by atoms with Crippen LogP contribution in [0.3, 0.4) is 0 Å². The number of nitrogens with zero attached hydrogens (tertiary/aromatic N) is 1. The molecule has 2 atom stereocenters. The molecule has 1 aromatic carbocycles. The first-order valence-corrected chi connectivity index (χ1v) is 9.45. The largest absolute Gasteiger partial charge is 0.573 e. The Balaban J connectivity index is 1.75. The Morgan fingerprint density at radius 1 is 1.07 bits per heavy atom. The van der Waals surface area contributed by atoms with Gasteiger partial charge in [0, 0.05) is 18.0 Å². The van der Waals surface area contributed by atoms with Crippen molar-refractivity contribution in [2.45, 2.75) is 70.5 Å². The molecule has 2 aliphatic heterocycles. The molecule has 2 heterocycles. The zero-order chi connectivity index (χ0) is 21.6. The zero-order valence-corrected chi connectivity index (χ0v) is 16.4.